The Bertz CT molecular complexity index is 360. The molecule has 7 heteroatoms. The van der Waals surface area contributed by atoms with Crippen molar-refractivity contribution >= 4 is 10.0 Å². The Labute approximate surface area is 89.5 Å². The van der Waals surface area contributed by atoms with E-state index in [9.17, 15) is 8.42 Å². The van der Waals surface area contributed by atoms with Crippen molar-refractivity contribution in [2.45, 2.75) is 13.0 Å². The van der Waals surface area contributed by atoms with Gasteiger partial charge in [0.2, 0.25) is 10.0 Å². The zero-order chi connectivity index (χ0) is 11.1. The maximum Gasteiger partial charge on any atom is 0.212 e. The molecule has 0 amide bonds. The first-order valence-electron chi connectivity index (χ1n) is 4.77. The topological polar surface area (TPSA) is 90.0 Å². The molecule has 0 aliphatic carbocycles. The van der Waals surface area contributed by atoms with E-state index in [-0.39, 0.29) is 12.3 Å². The number of nitrogens with two attached hydrogens (primary N) is 1. The highest BCUT2D eigenvalue weighted by atomic mass is 32.2. The predicted octanol–water partition coefficient (Wildman–Crippen LogP) is -0.849. The van der Waals surface area contributed by atoms with Crippen molar-refractivity contribution in [3.05, 3.63) is 18.7 Å². The van der Waals surface area contributed by atoms with Gasteiger partial charge in [-0.05, 0) is 6.42 Å². The maximum atomic E-state index is 11.2. The first kappa shape index (κ1) is 12.2. The molecular weight excluding hydrogens is 216 g/mol. The number of hydrogen-bond acceptors (Lipinski definition) is 4. The normalized spacial score (nSPS) is 11.8. The Balaban J connectivity index is 2.17. The van der Waals surface area contributed by atoms with Gasteiger partial charge in [0.15, 0.2) is 0 Å². The molecule has 1 aromatic rings. The van der Waals surface area contributed by atoms with Crippen LogP contribution >= 0.6 is 0 Å². The van der Waals surface area contributed by atoms with Gasteiger partial charge in [-0.15, -0.1) is 0 Å². The number of nitrogens with one attached hydrogen (secondary N) is 1. The van der Waals surface area contributed by atoms with E-state index in [1.54, 1.807) is 12.5 Å². The van der Waals surface area contributed by atoms with Crippen LogP contribution in [0, 0.1) is 0 Å². The lowest BCUT2D eigenvalue weighted by Gasteiger charge is -2.05. The minimum absolute atomic E-state index is 0.0158. The van der Waals surface area contributed by atoms with Crippen molar-refractivity contribution in [3.8, 4) is 0 Å². The summed E-state index contributed by atoms with van der Waals surface area (Å²) in [7, 11) is -3.17. The molecule has 3 N–H and O–H groups in total. The van der Waals surface area contributed by atoms with E-state index < -0.39 is 10.0 Å². The molecule has 0 aliphatic rings. The highest BCUT2D eigenvalue weighted by Crippen LogP contribution is 1.90. The largest absolute Gasteiger partial charge is 0.337 e. The lowest BCUT2D eigenvalue weighted by Crippen LogP contribution is -2.30. The summed E-state index contributed by atoms with van der Waals surface area (Å²) in [5, 5.41) is 0. The fourth-order valence-corrected chi connectivity index (χ4v) is 2.05. The lowest BCUT2D eigenvalue weighted by molar-refractivity contribution is 0.569. The third kappa shape index (κ3) is 4.91. The Morgan fingerprint density at radius 2 is 2.27 bits per heavy atom. The Morgan fingerprint density at radius 1 is 1.47 bits per heavy atom. The van der Waals surface area contributed by atoms with E-state index >= 15 is 0 Å². The van der Waals surface area contributed by atoms with E-state index in [2.05, 4.69) is 9.71 Å². The maximum absolute atomic E-state index is 11.2. The van der Waals surface area contributed by atoms with Crippen molar-refractivity contribution in [2.75, 3.05) is 18.8 Å². The zero-order valence-electron chi connectivity index (χ0n) is 8.46. The number of sulfonamides is 1. The van der Waals surface area contributed by atoms with E-state index in [0.717, 1.165) is 13.0 Å². The van der Waals surface area contributed by atoms with Crippen LogP contribution in [0.5, 0.6) is 0 Å². The van der Waals surface area contributed by atoms with Crippen LogP contribution in [0.4, 0.5) is 0 Å². The second-order valence-electron chi connectivity index (χ2n) is 3.16. The molecular formula is C8H16N4O2S. The molecule has 0 spiro atoms. The Morgan fingerprint density at radius 3 is 2.87 bits per heavy atom. The van der Waals surface area contributed by atoms with E-state index in [1.807, 2.05) is 10.8 Å². The van der Waals surface area contributed by atoms with Gasteiger partial charge in [0.05, 0.1) is 12.1 Å². The minimum atomic E-state index is -3.17. The fourth-order valence-electron chi connectivity index (χ4n) is 1.14. The van der Waals surface area contributed by atoms with Gasteiger partial charge in [0.1, 0.15) is 0 Å². The molecule has 0 bridgehead atoms. The second kappa shape index (κ2) is 5.84. The summed E-state index contributed by atoms with van der Waals surface area (Å²) in [4.78, 5) is 3.89. The summed E-state index contributed by atoms with van der Waals surface area (Å²) in [5.41, 5.74) is 5.16. The predicted molar refractivity (Wildman–Crippen MR) is 57.7 cm³/mol. The van der Waals surface area contributed by atoms with Crippen LogP contribution in [-0.4, -0.2) is 36.8 Å². The average molecular weight is 232 g/mol. The van der Waals surface area contributed by atoms with Crippen LogP contribution < -0.4 is 10.5 Å². The van der Waals surface area contributed by atoms with Crippen LogP contribution in [0.3, 0.4) is 0 Å². The molecule has 0 atom stereocenters. The number of hydrogen-bond donors (Lipinski definition) is 2. The summed E-state index contributed by atoms with van der Waals surface area (Å²) in [6.45, 7) is 1.34. The Kier molecular flexibility index (Phi) is 4.73. The van der Waals surface area contributed by atoms with Gasteiger partial charge in [-0.3, -0.25) is 0 Å². The van der Waals surface area contributed by atoms with Crippen molar-refractivity contribution < 1.29 is 8.42 Å². The van der Waals surface area contributed by atoms with Gasteiger partial charge in [0.25, 0.3) is 0 Å². The number of imidazole rings is 1. The third-order valence-electron chi connectivity index (χ3n) is 1.86. The quantitative estimate of drug-likeness (QED) is 0.599. The Hall–Kier alpha value is -0.920. The number of nitrogens with zero attached hydrogens (tertiary/aromatic N) is 2. The van der Waals surface area contributed by atoms with Gasteiger partial charge in [0, 0.05) is 32.0 Å². The van der Waals surface area contributed by atoms with Crippen LogP contribution in [-0.2, 0) is 16.6 Å². The summed E-state index contributed by atoms with van der Waals surface area (Å²) in [6, 6.07) is 0. The van der Waals surface area contributed by atoms with Crippen LogP contribution in [0.15, 0.2) is 18.7 Å². The first-order valence-corrected chi connectivity index (χ1v) is 6.42. The summed E-state index contributed by atoms with van der Waals surface area (Å²) >= 11 is 0. The zero-order valence-corrected chi connectivity index (χ0v) is 9.28. The molecule has 0 fully saturated rings. The van der Waals surface area contributed by atoms with Crippen molar-refractivity contribution in [2.24, 2.45) is 5.73 Å². The van der Waals surface area contributed by atoms with E-state index in [0.29, 0.717) is 6.54 Å². The average Bonchev–Trinajstić information content (AvgIpc) is 2.65. The summed E-state index contributed by atoms with van der Waals surface area (Å²) < 4.78 is 26.7. The number of aryl methyl sites for hydroxylation is 1. The van der Waals surface area contributed by atoms with Gasteiger partial charge in [-0.1, -0.05) is 0 Å². The van der Waals surface area contributed by atoms with Crippen LogP contribution in [0.1, 0.15) is 6.42 Å². The second-order valence-corrected chi connectivity index (χ2v) is 5.08. The van der Waals surface area contributed by atoms with E-state index in [4.69, 9.17) is 5.73 Å². The molecule has 0 saturated heterocycles. The first-order chi connectivity index (χ1) is 7.14. The number of aromatic nitrogens is 2. The fraction of sp³-hybridized carbons (Fsp3) is 0.625. The van der Waals surface area contributed by atoms with Crippen molar-refractivity contribution in [1.29, 1.82) is 0 Å². The molecule has 0 radical (unpaired) electrons. The molecule has 0 unspecified atom stereocenters. The van der Waals surface area contributed by atoms with Crippen molar-refractivity contribution in [1.82, 2.24) is 14.3 Å². The molecule has 0 aromatic carbocycles. The van der Waals surface area contributed by atoms with Gasteiger partial charge >= 0.3 is 0 Å². The third-order valence-corrected chi connectivity index (χ3v) is 3.28. The molecule has 0 aliphatic heterocycles. The van der Waals surface area contributed by atoms with E-state index in [1.165, 1.54) is 0 Å². The SMILES string of the molecule is NCCS(=O)(=O)NCCCn1ccnc1. The van der Waals surface area contributed by atoms with Gasteiger partial charge < -0.3 is 10.3 Å². The van der Waals surface area contributed by atoms with Crippen LogP contribution in [0.2, 0.25) is 0 Å². The van der Waals surface area contributed by atoms with Crippen LogP contribution in [0.25, 0.3) is 0 Å². The van der Waals surface area contributed by atoms with Gasteiger partial charge in [-0.2, -0.15) is 0 Å². The minimum Gasteiger partial charge on any atom is -0.337 e. The lowest BCUT2D eigenvalue weighted by atomic mass is 10.4. The standard InChI is InChI=1S/C8H16N4O2S/c9-2-7-15(13,14)11-3-1-5-12-6-4-10-8-12/h4,6,8,11H,1-3,5,7,9H2. The monoisotopic (exact) mass is 232 g/mol. The smallest absolute Gasteiger partial charge is 0.212 e. The van der Waals surface area contributed by atoms with Gasteiger partial charge in [-0.25, -0.2) is 18.1 Å². The molecule has 15 heavy (non-hydrogen) atoms. The highest BCUT2D eigenvalue weighted by molar-refractivity contribution is 7.89. The number of rotatable bonds is 7. The molecule has 6 nitrogen and oxygen atoms in total. The molecule has 0 saturated carbocycles. The summed E-state index contributed by atoms with van der Waals surface area (Å²) in [5.74, 6) is -0.0158. The highest BCUT2D eigenvalue weighted by Gasteiger charge is 2.06. The summed E-state index contributed by atoms with van der Waals surface area (Å²) in [6.07, 6.45) is 5.97. The molecule has 1 heterocycles. The molecule has 86 valence electrons. The molecule has 1 aromatic heterocycles. The van der Waals surface area contributed by atoms with Crippen molar-refractivity contribution in [3.63, 3.8) is 0 Å². The molecule has 1 rings (SSSR count).